The van der Waals surface area contributed by atoms with E-state index in [1.807, 2.05) is 0 Å². The molecule has 0 radical (unpaired) electrons. The summed E-state index contributed by atoms with van der Waals surface area (Å²) >= 11 is 0. The van der Waals surface area contributed by atoms with E-state index < -0.39 is 17.7 Å². The van der Waals surface area contributed by atoms with E-state index >= 15 is 0 Å². The first-order valence-electron chi connectivity index (χ1n) is 7.92. The van der Waals surface area contributed by atoms with Crippen molar-refractivity contribution < 1.29 is 28.6 Å². The molecule has 2 rings (SSSR count). The Balaban J connectivity index is 2.16. The number of ether oxygens (including phenoxy) is 2. The zero-order valence-electron chi connectivity index (χ0n) is 14.5. The predicted octanol–water partition coefficient (Wildman–Crippen LogP) is 3.25. The number of aromatic carboxylic acids is 1. The van der Waals surface area contributed by atoms with Gasteiger partial charge in [0.1, 0.15) is 5.82 Å². The Hall–Kier alpha value is -2.77. The summed E-state index contributed by atoms with van der Waals surface area (Å²) in [5, 5.41) is 11.8. The van der Waals surface area contributed by atoms with Crippen molar-refractivity contribution in [1.82, 2.24) is 0 Å². The molecule has 0 spiro atoms. The van der Waals surface area contributed by atoms with Gasteiger partial charge in [-0.05, 0) is 37.3 Å². The molecule has 0 heterocycles. The van der Waals surface area contributed by atoms with Gasteiger partial charge in [0.15, 0.2) is 0 Å². The molecule has 0 bridgehead atoms. The summed E-state index contributed by atoms with van der Waals surface area (Å²) in [7, 11) is 1.53. The van der Waals surface area contributed by atoms with Crippen LogP contribution >= 0.6 is 0 Å². The second-order valence-corrected chi connectivity index (χ2v) is 5.66. The number of amides is 1. The van der Waals surface area contributed by atoms with Gasteiger partial charge in [-0.25, -0.2) is 9.18 Å². The Morgan fingerprint density at radius 2 is 1.92 bits per heavy atom. The number of hydrogen-bond donors (Lipinski definition) is 2. The van der Waals surface area contributed by atoms with E-state index in [9.17, 15) is 19.1 Å². The van der Waals surface area contributed by atoms with Crippen molar-refractivity contribution in [3.8, 4) is 0 Å². The van der Waals surface area contributed by atoms with Crippen LogP contribution in [0.15, 0.2) is 36.4 Å². The molecule has 0 saturated heterocycles. The maximum atomic E-state index is 13.9. The zero-order valence-corrected chi connectivity index (χ0v) is 14.5. The third kappa shape index (κ3) is 5.11. The second-order valence-electron chi connectivity index (χ2n) is 5.66. The van der Waals surface area contributed by atoms with Gasteiger partial charge in [-0.3, -0.25) is 4.79 Å². The topological polar surface area (TPSA) is 84.9 Å². The van der Waals surface area contributed by atoms with Crippen LogP contribution in [-0.4, -0.2) is 37.3 Å². The van der Waals surface area contributed by atoms with Gasteiger partial charge in [0, 0.05) is 18.2 Å². The van der Waals surface area contributed by atoms with Crippen LogP contribution in [0.25, 0.3) is 0 Å². The summed E-state index contributed by atoms with van der Waals surface area (Å²) < 4.78 is 24.0. The van der Waals surface area contributed by atoms with Crippen molar-refractivity contribution in [1.29, 1.82) is 0 Å². The molecule has 7 heteroatoms. The number of halogens is 1. The number of carbonyl (C=O) groups excluding carboxylic acids is 1. The molecule has 0 aliphatic rings. The Morgan fingerprint density at radius 3 is 2.62 bits per heavy atom. The van der Waals surface area contributed by atoms with E-state index in [1.54, 1.807) is 13.0 Å². The Labute approximate surface area is 150 Å². The first-order chi connectivity index (χ1) is 12.4. The lowest BCUT2D eigenvalue weighted by Crippen LogP contribution is -2.15. The summed E-state index contributed by atoms with van der Waals surface area (Å²) in [6.07, 6.45) is 0. The summed E-state index contributed by atoms with van der Waals surface area (Å²) in [5.74, 6) is -2.16. The highest BCUT2D eigenvalue weighted by atomic mass is 19.1. The first-order valence-corrected chi connectivity index (χ1v) is 7.92. The molecule has 26 heavy (non-hydrogen) atoms. The highest BCUT2D eigenvalue weighted by Gasteiger charge is 2.15. The number of carboxylic acid groups (broad SMARTS) is 1. The van der Waals surface area contributed by atoms with Crippen LogP contribution in [0, 0.1) is 12.7 Å². The molecule has 2 aromatic rings. The van der Waals surface area contributed by atoms with E-state index in [-0.39, 0.29) is 29.0 Å². The van der Waals surface area contributed by atoms with Gasteiger partial charge in [0.25, 0.3) is 5.91 Å². The van der Waals surface area contributed by atoms with Crippen LogP contribution in [0.4, 0.5) is 10.1 Å². The SMILES string of the molecule is COCCOCc1cc(C(=O)Nc2ccc(C)cc2C(=O)O)ccc1F. The number of hydrogen-bond acceptors (Lipinski definition) is 4. The molecule has 0 saturated carbocycles. The maximum absolute atomic E-state index is 13.9. The summed E-state index contributed by atoms with van der Waals surface area (Å²) in [5.41, 5.74) is 1.36. The fourth-order valence-electron chi connectivity index (χ4n) is 2.29. The van der Waals surface area contributed by atoms with Gasteiger partial charge < -0.3 is 19.9 Å². The number of anilines is 1. The maximum Gasteiger partial charge on any atom is 0.337 e. The standard InChI is InChI=1S/C19H20FNO5/c1-12-3-6-17(15(9-12)19(23)24)21-18(22)13-4-5-16(20)14(10-13)11-26-8-7-25-2/h3-6,9-10H,7-8,11H2,1-2H3,(H,21,22)(H,23,24). The summed E-state index contributed by atoms with van der Waals surface area (Å²) in [6.45, 7) is 2.44. The van der Waals surface area contributed by atoms with Crippen molar-refractivity contribution in [2.24, 2.45) is 0 Å². The Kier molecular flexibility index (Phi) is 6.82. The van der Waals surface area contributed by atoms with Crippen LogP contribution in [0.5, 0.6) is 0 Å². The number of nitrogens with one attached hydrogen (secondary N) is 1. The van der Waals surface area contributed by atoms with Gasteiger partial charge in [-0.1, -0.05) is 11.6 Å². The van der Waals surface area contributed by atoms with Crippen LogP contribution in [0.2, 0.25) is 0 Å². The van der Waals surface area contributed by atoms with Crippen LogP contribution in [0.3, 0.4) is 0 Å². The fourth-order valence-corrected chi connectivity index (χ4v) is 2.29. The fraction of sp³-hybridized carbons (Fsp3) is 0.263. The molecular weight excluding hydrogens is 341 g/mol. The molecule has 0 aliphatic heterocycles. The summed E-state index contributed by atoms with van der Waals surface area (Å²) in [6, 6.07) is 8.58. The average molecular weight is 361 g/mol. The first kappa shape index (κ1) is 19.6. The van der Waals surface area contributed by atoms with Crippen LogP contribution in [-0.2, 0) is 16.1 Å². The van der Waals surface area contributed by atoms with Gasteiger partial charge in [-0.15, -0.1) is 0 Å². The van der Waals surface area contributed by atoms with Gasteiger partial charge in [-0.2, -0.15) is 0 Å². The van der Waals surface area contributed by atoms with Gasteiger partial charge in [0.05, 0.1) is 31.1 Å². The van der Waals surface area contributed by atoms with Crippen molar-refractivity contribution >= 4 is 17.6 Å². The molecule has 2 aromatic carbocycles. The molecule has 0 aliphatic carbocycles. The molecule has 2 N–H and O–H groups in total. The van der Waals surface area contributed by atoms with Crippen molar-refractivity contribution in [3.63, 3.8) is 0 Å². The van der Waals surface area contributed by atoms with Crippen molar-refractivity contribution in [2.75, 3.05) is 25.6 Å². The van der Waals surface area contributed by atoms with Gasteiger partial charge in [0.2, 0.25) is 0 Å². The normalized spacial score (nSPS) is 10.6. The van der Waals surface area contributed by atoms with Gasteiger partial charge >= 0.3 is 5.97 Å². The molecular formula is C19H20FNO5. The average Bonchev–Trinajstić information content (AvgIpc) is 2.61. The van der Waals surface area contributed by atoms with E-state index in [0.717, 1.165) is 5.56 Å². The number of carboxylic acids is 1. The summed E-state index contributed by atoms with van der Waals surface area (Å²) in [4.78, 5) is 23.8. The number of aryl methyl sites for hydroxylation is 1. The number of benzene rings is 2. The molecule has 0 unspecified atom stereocenters. The smallest absolute Gasteiger partial charge is 0.337 e. The second kappa shape index (κ2) is 9.07. The third-order valence-corrected chi connectivity index (χ3v) is 3.65. The Bertz CT molecular complexity index is 807. The molecule has 6 nitrogen and oxygen atoms in total. The van der Waals surface area contributed by atoms with Crippen LogP contribution < -0.4 is 5.32 Å². The minimum atomic E-state index is -1.14. The molecule has 0 fully saturated rings. The predicted molar refractivity (Wildman–Crippen MR) is 94.0 cm³/mol. The number of methoxy groups -OCH3 is 1. The molecule has 0 aromatic heterocycles. The van der Waals surface area contributed by atoms with Crippen molar-refractivity contribution in [3.05, 3.63) is 64.5 Å². The largest absolute Gasteiger partial charge is 0.478 e. The Morgan fingerprint density at radius 1 is 1.15 bits per heavy atom. The van der Waals surface area contributed by atoms with Crippen molar-refractivity contribution in [2.45, 2.75) is 13.5 Å². The lowest BCUT2D eigenvalue weighted by Gasteiger charge is -2.11. The minimum absolute atomic E-state index is 0.00121. The number of carbonyl (C=O) groups is 2. The third-order valence-electron chi connectivity index (χ3n) is 3.65. The molecule has 1 amide bonds. The van der Waals surface area contributed by atoms with Crippen LogP contribution in [0.1, 0.15) is 31.8 Å². The lowest BCUT2D eigenvalue weighted by atomic mass is 10.1. The lowest BCUT2D eigenvalue weighted by molar-refractivity contribution is 0.0604. The molecule has 138 valence electrons. The van der Waals surface area contributed by atoms with E-state index in [4.69, 9.17) is 9.47 Å². The molecule has 0 atom stereocenters. The zero-order chi connectivity index (χ0) is 19.1. The van der Waals surface area contributed by atoms with E-state index in [0.29, 0.717) is 13.2 Å². The minimum Gasteiger partial charge on any atom is -0.478 e. The monoisotopic (exact) mass is 361 g/mol. The highest BCUT2D eigenvalue weighted by Crippen LogP contribution is 2.19. The number of rotatable bonds is 8. The highest BCUT2D eigenvalue weighted by molar-refractivity contribution is 6.07. The van der Waals surface area contributed by atoms with E-state index in [2.05, 4.69) is 5.32 Å². The van der Waals surface area contributed by atoms with E-state index in [1.165, 1.54) is 37.4 Å². The quantitative estimate of drug-likeness (QED) is 0.705.